The number of furan rings is 1. The van der Waals surface area contributed by atoms with Gasteiger partial charge in [0.1, 0.15) is 11.2 Å². The van der Waals surface area contributed by atoms with Gasteiger partial charge in [-0.25, -0.2) is 0 Å². The van der Waals surface area contributed by atoms with Gasteiger partial charge in [-0.3, -0.25) is 0 Å². The average molecular weight is 625 g/mol. The van der Waals surface area contributed by atoms with Crippen LogP contribution in [-0.4, -0.2) is 0 Å². The third-order valence-electron chi connectivity index (χ3n) is 7.75. The summed E-state index contributed by atoms with van der Waals surface area (Å²) in [6.07, 6.45) is 0. The van der Waals surface area contributed by atoms with Crippen LogP contribution in [0, 0.1) is 0 Å². The largest absolute Gasteiger partial charge is 0.455 e. The number of hydrogen-bond acceptors (Lipinski definition) is 1. The molecule has 0 bridgehead atoms. The van der Waals surface area contributed by atoms with Gasteiger partial charge in [0.25, 0.3) is 0 Å². The van der Waals surface area contributed by atoms with Gasteiger partial charge in [-0.2, -0.15) is 0 Å². The second-order valence-electron chi connectivity index (χ2n) is 10.3. The molecule has 47 heavy (non-hydrogen) atoms. The molecule has 9 aromatic carbocycles. The van der Waals surface area contributed by atoms with E-state index in [-0.39, 0.29) is 5.39 Å². The van der Waals surface area contributed by atoms with E-state index < -0.39 is 262 Å². The van der Waals surface area contributed by atoms with Crippen molar-refractivity contribution in [1.29, 1.82) is 0 Å². The first kappa shape index (κ1) is 10.7. The normalized spacial score (nSPS) is 20.2. The van der Waals surface area contributed by atoms with Crippen molar-refractivity contribution in [2.45, 2.75) is 0 Å². The summed E-state index contributed by atoms with van der Waals surface area (Å²) in [7, 11) is 0. The summed E-state index contributed by atoms with van der Waals surface area (Å²) < 4.78 is 257. The average Bonchev–Trinajstić information content (AvgIpc) is 3.89. The minimum Gasteiger partial charge on any atom is -0.455 e. The van der Waals surface area contributed by atoms with Gasteiger partial charge >= 0.3 is 0 Å². The Morgan fingerprint density at radius 2 is 0.872 bits per heavy atom. The Morgan fingerprint density at radius 3 is 1.57 bits per heavy atom. The molecule has 1 heterocycles. The van der Waals surface area contributed by atoms with Crippen LogP contribution in [0.3, 0.4) is 0 Å². The summed E-state index contributed by atoms with van der Waals surface area (Å²) in [5, 5.41) is -5.94. The highest BCUT2D eigenvalue weighted by atomic mass is 16.3. The smallest absolute Gasteiger partial charge is 0.143 e. The Bertz CT molecular complexity index is 4330. The molecule has 0 spiro atoms. The molecular weight excluding hydrogens is 569 g/mol. The fourth-order valence-electron chi connectivity index (χ4n) is 5.72. The topological polar surface area (TPSA) is 13.1 Å². The fourth-order valence-corrected chi connectivity index (χ4v) is 5.72. The van der Waals surface area contributed by atoms with Crippen molar-refractivity contribution in [3.63, 3.8) is 0 Å². The molecular formula is C46H28O. The quantitative estimate of drug-likeness (QED) is 0.178. The fraction of sp³-hybridized carbons (Fsp3) is 0. The van der Waals surface area contributed by atoms with Crippen LogP contribution in [0.4, 0.5) is 0 Å². The molecule has 0 saturated heterocycles. The van der Waals surface area contributed by atoms with Crippen LogP contribution in [0.15, 0.2) is 174 Å². The van der Waals surface area contributed by atoms with Gasteiger partial charge in [0.2, 0.25) is 0 Å². The van der Waals surface area contributed by atoms with Crippen LogP contribution >= 0.6 is 0 Å². The summed E-state index contributed by atoms with van der Waals surface area (Å²) in [5.74, 6) is 0. The SMILES string of the molecule is [2H]c1c([2H])c(-c2c3c([2H])c([2H])c([2H])c([2H])c3c(-c3c([2H])c([2H])c([2H])c4c([2H])c([2H])c([2H])c([2H])c34)c3c([2H])c([2H])c([2H])c([2H])c23)c([2H])c([2H])c1-c1c([2H])c([2H])c2oc3c4c([2H])c([2H])c([2H])c([2H])c4c([2H])c([2H])c3c2c1[2H]. The maximum absolute atomic E-state index is 9.60. The summed E-state index contributed by atoms with van der Waals surface area (Å²) in [5.41, 5.74) is -5.68. The number of rotatable bonds is 3. The van der Waals surface area contributed by atoms with Crippen LogP contribution in [-0.2, 0) is 0 Å². The van der Waals surface area contributed by atoms with Gasteiger partial charge in [0.15, 0.2) is 0 Å². The van der Waals surface area contributed by atoms with Crippen molar-refractivity contribution in [3.8, 4) is 33.4 Å². The van der Waals surface area contributed by atoms with Crippen LogP contribution < -0.4 is 0 Å². The molecule has 10 aromatic rings. The Labute approximate surface area is 311 Å². The third kappa shape index (κ3) is 3.97. The van der Waals surface area contributed by atoms with Gasteiger partial charge < -0.3 is 4.42 Å². The summed E-state index contributed by atoms with van der Waals surface area (Å²) >= 11 is 0. The lowest BCUT2D eigenvalue weighted by atomic mass is 9.84. The van der Waals surface area contributed by atoms with Crippen LogP contribution in [0.1, 0.15) is 38.4 Å². The maximum Gasteiger partial charge on any atom is 0.143 e. The first-order valence-corrected chi connectivity index (χ1v) is 13.9. The zero-order chi connectivity index (χ0) is 55.3. The second-order valence-corrected chi connectivity index (χ2v) is 10.3. The lowest BCUT2D eigenvalue weighted by Crippen LogP contribution is -1.91. The number of fused-ring (bicyclic) bond motifs is 8. The van der Waals surface area contributed by atoms with Gasteiger partial charge in [-0.1, -0.05) is 151 Å². The van der Waals surface area contributed by atoms with Crippen molar-refractivity contribution < 1.29 is 42.8 Å². The highest BCUT2D eigenvalue weighted by Crippen LogP contribution is 2.45. The predicted octanol–water partition coefficient (Wildman–Crippen LogP) is 13.2. The monoisotopic (exact) mass is 624 g/mol. The molecule has 10 rings (SSSR count). The van der Waals surface area contributed by atoms with Crippen molar-refractivity contribution in [3.05, 3.63) is 169 Å². The molecule has 0 saturated carbocycles. The predicted molar refractivity (Wildman–Crippen MR) is 200 cm³/mol. The van der Waals surface area contributed by atoms with E-state index in [1.165, 1.54) is 0 Å². The molecule has 0 unspecified atom stereocenters. The second kappa shape index (κ2) is 10.2. The highest BCUT2D eigenvalue weighted by Gasteiger charge is 2.18. The zero-order valence-corrected chi connectivity index (χ0v) is 23.4. The standard InChI is InChI=1S/C46H28O/c1-3-13-34-30(10-1)12-9-19-36(34)45-39-17-7-5-15-37(39)44(38-16-6-8-18-40(38)45)32-22-20-29(21-23-32)33-25-27-43-42(28-33)41-26-24-31-11-2-4-14-35(31)46(41)47-43/h1-28H/i1D,2D,3D,4D,5D,6D,7D,8D,9D,10D,11D,12D,13D,14D,15D,16D,17D,18D,19D,20D,21D,22D,23D,24D,25D,26D,27D,28D. The Kier molecular flexibility index (Phi) is 2.31. The molecule has 0 amide bonds. The molecule has 1 nitrogen and oxygen atoms in total. The zero-order valence-electron chi connectivity index (χ0n) is 51.4. The summed E-state index contributed by atoms with van der Waals surface area (Å²) in [6, 6.07) is -25.6. The molecule has 0 N–H and O–H groups in total. The van der Waals surface area contributed by atoms with Gasteiger partial charge in [-0.15, -0.1) is 0 Å². The van der Waals surface area contributed by atoms with Crippen LogP contribution in [0.25, 0.3) is 98.4 Å². The van der Waals surface area contributed by atoms with Crippen molar-refractivity contribution in [2.24, 2.45) is 0 Å². The van der Waals surface area contributed by atoms with E-state index >= 15 is 0 Å². The van der Waals surface area contributed by atoms with Crippen molar-refractivity contribution in [1.82, 2.24) is 0 Å². The number of hydrogen-bond donors (Lipinski definition) is 0. The minimum absolute atomic E-state index is 0.389. The van der Waals surface area contributed by atoms with Crippen LogP contribution in [0.5, 0.6) is 0 Å². The van der Waals surface area contributed by atoms with E-state index in [2.05, 4.69) is 0 Å². The van der Waals surface area contributed by atoms with Gasteiger partial charge in [-0.05, 0) is 89.2 Å². The molecule has 218 valence electrons. The van der Waals surface area contributed by atoms with E-state index in [0.717, 1.165) is 0 Å². The van der Waals surface area contributed by atoms with Crippen molar-refractivity contribution in [2.75, 3.05) is 0 Å². The summed E-state index contributed by atoms with van der Waals surface area (Å²) in [4.78, 5) is 0. The van der Waals surface area contributed by atoms with Crippen molar-refractivity contribution >= 4 is 65.0 Å². The molecule has 0 aliphatic carbocycles. The molecule has 0 radical (unpaired) electrons. The Hall–Kier alpha value is -6.18. The first-order chi connectivity index (χ1) is 35.0. The Morgan fingerprint density at radius 1 is 0.340 bits per heavy atom. The lowest BCUT2D eigenvalue weighted by Gasteiger charge is -2.19. The molecule has 1 aromatic heterocycles. The molecule has 0 fully saturated rings. The van der Waals surface area contributed by atoms with E-state index in [4.69, 9.17) is 29.1 Å². The molecule has 1 heteroatoms. The van der Waals surface area contributed by atoms with E-state index in [9.17, 15) is 13.7 Å². The molecule has 0 aliphatic heterocycles. The third-order valence-corrected chi connectivity index (χ3v) is 7.75. The summed E-state index contributed by atoms with van der Waals surface area (Å²) in [6.45, 7) is 0. The van der Waals surface area contributed by atoms with E-state index in [1.807, 2.05) is 0 Å². The highest BCUT2D eigenvalue weighted by molar-refractivity contribution is 6.23. The number of benzene rings is 9. The van der Waals surface area contributed by atoms with Gasteiger partial charge in [0.05, 0.1) is 38.4 Å². The van der Waals surface area contributed by atoms with E-state index in [1.54, 1.807) is 0 Å². The molecule has 0 aliphatic rings. The van der Waals surface area contributed by atoms with Gasteiger partial charge in [0, 0.05) is 16.2 Å². The van der Waals surface area contributed by atoms with Crippen LogP contribution in [0.2, 0.25) is 0 Å². The first-order valence-electron chi connectivity index (χ1n) is 27.9. The lowest BCUT2D eigenvalue weighted by molar-refractivity contribution is 0.672. The molecule has 0 atom stereocenters. The van der Waals surface area contributed by atoms with E-state index in [0.29, 0.717) is 0 Å². The Balaban J connectivity index is 1.42. The maximum atomic E-state index is 9.60. The minimum atomic E-state index is -1.10.